The molecule has 0 aliphatic rings. The van der Waals surface area contributed by atoms with Crippen LogP contribution in [0.3, 0.4) is 0 Å². The summed E-state index contributed by atoms with van der Waals surface area (Å²) >= 11 is 0. The zero-order valence-electron chi connectivity index (χ0n) is 15.1. The van der Waals surface area contributed by atoms with Crippen LogP contribution in [-0.2, 0) is 17.6 Å². The van der Waals surface area contributed by atoms with Gasteiger partial charge in [0.05, 0.1) is 5.60 Å². The maximum absolute atomic E-state index is 6.36. The zero-order chi connectivity index (χ0) is 17.3. The lowest BCUT2D eigenvalue weighted by atomic mass is 9.84. The summed E-state index contributed by atoms with van der Waals surface area (Å²) in [4.78, 5) is 0. The van der Waals surface area contributed by atoms with E-state index in [0.717, 1.165) is 32.3 Å². The molecule has 0 saturated carbocycles. The highest BCUT2D eigenvalue weighted by Gasteiger charge is 2.31. The molecular formula is C23H30O. The van der Waals surface area contributed by atoms with E-state index in [4.69, 9.17) is 4.74 Å². The predicted octanol–water partition coefficient (Wildman–Crippen LogP) is 5.85. The second-order valence-corrected chi connectivity index (χ2v) is 6.77. The molecule has 2 aromatic carbocycles. The van der Waals surface area contributed by atoms with Crippen molar-refractivity contribution in [2.24, 2.45) is 5.92 Å². The Morgan fingerprint density at radius 2 is 1.50 bits per heavy atom. The lowest BCUT2D eigenvalue weighted by Crippen LogP contribution is -2.39. The van der Waals surface area contributed by atoms with Crippen molar-refractivity contribution in [3.63, 3.8) is 0 Å². The normalized spacial score (nSPS) is 13.6. The van der Waals surface area contributed by atoms with Gasteiger partial charge in [-0.15, -0.1) is 6.58 Å². The number of hydrogen-bond donors (Lipinski definition) is 0. The van der Waals surface area contributed by atoms with Crippen molar-refractivity contribution in [1.82, 2.24) is 0 Å². The van der Waals surface area contributed by atoms with E-state index < -0.39 is 0 Å². The minimum absolute atomic E-state index is 0.284. The first-order chi connectivity index (χ1) is 11.7. The number of aryl methyl sites for hydroxylation is 1. The Kier molecular flexibility index (Phi) is 7.27. The van der Waals surface area contributed by atoms with Gasteiger partial charge in [-0.3, -0.25) is 0 Å². The van der Waals surface area contributed by atoms with Crippen molar-refractivity contribution >= 4 is 0 Å². The van der Waals surface area contributed by atoms with Crippen molar-refractivity contribution in [3.8, 4) is 0 Å². The molecule has 0 aliphatic heterocycles. The molecule has 0 amide bonds. The van der Waals surface area contributed by atoms with Gasteiger partial charge in [0.15, 0.2) is 0 Å². The molecule has 1 nitrogen and oxygen atoms in total. The summed E-state index contributed by atoms with van der Waals surface area (Å²) < 4.78 is 6.36. The molecule has 0 bridgehead atoms. The molecule has 0 N–H and O–H groups in total. The summed E-state index contributed by atoms with van der Waals surface area (Å²) in [5, 5.41) is 0. The fraction of sp³-hybridized carbons (Fsp3) is 0.391. The molecule has 24 heavy (non-hydrogen) atoms. The highest BCUT2D eigenvalue weighted by molar-refractivity contribution is 5.20. The quantitative estimate of drug-likeness (QED) is 0.394. The van der Waals surface area contributed by atoms with Crippen molar-refractivity contribution in [2.45, 2.75) is 45.1 Å². The van der Waals surface area contributed by atoms with Crippen LogP contribution in [0.4, 0.5) is 0 Å². The third-order valence-corrected chi connectivity index (χ3v) is 4.72. The van der Waals surface area contributed by atoms with Crippen molar-refractivity contribution in [2.75, 3.05) is 6.61 Å². The molecule has 1 atom stereocenters. The minimum atomic E-state index is -0.284. The van der Waals surface area contributed by atoms with Gasteiger partial charge in [-0.05, 0) is 36.3 Å². The van der Waals surface area contributed by atoms with Gasteiger partial charge in [0.2, 0.25) is 0 Å². The van der Waals surface area contributed by atoms with Gasteiger partial charge >= 0.3 is 0 Å². The van der Waals surface area contributed by atoms with Crippen LogP contribution in [0.2, 0.25) is 0 Å². The van der Waals surface area contributed by atoms with Gasteiger partial charge in [-0.25, -0.2) is 0 Å². The third-order valence-electron chi connectivity index (χ3n) is 4.72. The Hall–Kier alpha value is -1.86. The van der Waals surface area contributed by atoms with Crippen molar-refractivity contribution in [1.29, 1.82) is 0 Å². The van der Waals surface area contributed by atoms with E-state index in [9.17, 15) is 0 Å². The number of rotatable bonds is 10. The Labute approximate surface area is 147 Å². The van der Waals surface area contributed by atoms with E-state index in [1.54, 1.807) is 0 Å². The molecular weight excluding hydrogens is 292 g/mol. The number of benzene rings is 2. The topological polar surface area (TPSA) is 9.23 Å². The van der Waals surface area contributed by atoms with Crippen LogP contribution in [0.1, 0.15) is 37.8 Å². The molecule has 0 spiro atoms. The Bertz CT molecular complexity index is 588. The van der Waals surface area contributed by atoms with E-state index in [1.165, 1.54) is 11.1 Å². The van der Waals surface area contributed by atoms with Crippen LogP contribution in [0, 0.1) is 5.92 Å². The molecule has 2 rings (SSSR count). The van der Waals surface area contributed by atoms with Gasteiger partial charge in [0, 0.05) is 13.0 Å². The molecule has 1 heteroatoms. The first-order valence-electron chi connectivity index (χ1n) is 9.02. The van der Waals surface area contributed by atoms with Crippen LogP contribution >= 0.6 is 0 Å². The highest BCUT2D eigenvalue weighted by atomic mass is 16.5. The smallest absolute Gasteiger partial charge is 0.0922 e. The van der Waals surface area contributed by atoms with E-state index in [0.29, 0.717) is 5.92 Å². The number of ether oxygens (including phenoxy) is 1. The number of unbranched alkanes of at least 4 members (excludes halogenated alkanes) is 1. The van der Waals surface area contributed by atoms with Gasteiger partial charge in [-0.1, -0.05) is 80.6 Å². The highest BCUT2D eigenvalue weighted by Crippen LogP contribution is 2.28. The standard InChI is InChI=1S/C23H30O/c1-4-23(20(2)3,19-22-16-9-6-10-17-22)24-18-12-11-15-21-13-7-5-8-14-21/h4-10,13-14,16-17,20H,1,11-12,15,18-19H2,2-3H3. The predicted molar refractivity (Wildman–Crippen MR) is 103 cm³/mol. The van der Waals surface area contributed by atoms with E-state index in [-0.39, 0.29) is 5.60 Å². The number of hydrogen-bond acceptors (Lipinski definition) is 1. The third kappa shape index (κ3) is 5.35. The Morgan fingerprint density at radius 1 is 0.917 bits per heavy atom. The van der Waals surface area contributed by atoms with E-state index in [1.807, 2.05) is 6.08 Å². The van der Waals surface area contributed by atoms with Crippen molar-refractivity contribution in [3.05, 3.63) is 84.4 Å². The minimum Gasteiger partial charge on any atom is -0.370 e. The van der Waals surface area contributed by atoms with Crippen LogP contribution < -0.4 is 0 Å². The summed E-state index contributed by atoms with van der Waals surface area (Å²) in [6.07, 6.45) is 6.23. The van der Waals surface area contributed by atoms with Crippen LogP contribution in [0.15, 0.2) is 73.3 Å². The van der Waals surface area contributed by atoms with E-state index >= 15 is 0 Å². The van der Waals surface area contributed by atoms with Crippen molar-refractivity contribution < 1.29 is 4.74 Å². The fourth-order valence-corrected chi connectivity index (χ4v) is 3.04. The fourth-order valence-electron chi connectivity index (χ4n) is 3.04. The summed E-state index contributed by atoms with van der Waals surface area (Å²) in [7, 11) is 0. The Morgan fingerprint density at radius 3 is 2.04 bits per heavy atom. The molecule has 1 unspecified atom stereocenters. The first kappa shape index (κ1) is 18.5. The molecule has 2 aromatic rings. The van der Waals surface area contributed by atoms with Gasteiger partial charge < -0.3 is 4.74 Å². The maximum Gasteiger partial charge on any atom is 0.0922 e. The van der Waals surface area contributed by atoms with Gasteiger partial charge in [-0.2, -0.15) is 0 Å². The SMILES string of the molecule is C=CC(Cc1ccccc1)(OCCCCc1ccccc1)C(C)C. The summed E-state index contributed by atoms with van der Waals surface area (Å²) in [6.45, 7) is 9.29. The average Bonchev–Trinajstić information content (AvgIpc) is 2.62. The summed E-state index contributed by atoms with van der Waals surface area (Å²) in [5.41, 5.74) is 2.42. The van der Waals surface area contributed by atoms with E-state index in [2.05, 4.69) is 81.1 Å². The molecule has 128 valence electrons. The van der Waals surface area contributed by atoms with Gasteiger partial charge in [0.1, 0.15) is 0 Å². The second-order valence-electron chi connectivity index (χ2n) is 6.77. The molecule has 0 fully saturated rings. The largest absolute Gasteiger partial charge is 0.370 e. The molecule has 0 aromatic heterocycles. The first-order valence-corrected chi connectivity index (χ1v) is 9.02. The summed E-state index contributed by atoms with van der Waals surface area (Å²) in [6, 6.07) is 21.2. The zero-order valence-corrected chi connectivity index (χ0v) is 15.1. The molecule has 0 saturated heterocycles. The lowest BCUT2D eigenvalue weighted by Gasteiger charge is -2.35. The van der Waals surface area contributed by atoms with Gasteiger partial charge in [0.25, 0.3) is 0 Å². The lowest BCUT2D eigenvalue weighted by molar-refractivity contribution is -0.0419. The average molecular weight is 322 g/mol. The molecule has 0 aliphatic carbocycles. The Balaban J connectivity index is 1.86. The second kappa shape index (κ2) is 9.44. The van der Waals surface area contributed by atoms with Crippen LogP contribution in [0.5, 0.6) is 0 Å². The van der Waals surface area contributed by atoms with Crippen LogP contribution in [0.25, 0.3) is 0 Å². The summed E-state index contributed by atoms with van der Waals surface area (Å²) in [5.74, 6) is 0.393. The molecule has 0 heterocycles. The molecule has 0 radical (unpaired) electrons. The monoisotopic (exact) mass is 322 g/mol. The van der Waals surface area contributed by atoms with Crippen LogP contribution in [-0.4, -0.2) is 12.2 Å². The maximum atomic E-state index is 6.36.